The normalized spacial score (nSPS) is 19.3. The van der Waals surface area contributed by atoms with E-state index in [4.69, 9.17) is 0 Å². The van der Waals surface area contributed by atoms with Gasteiger partial charge in [0.05, 0.1) is 0 Å². The molecule has 60 valence electrons. The van der Waals surface area contributed by atoms with E-state index in [9.17, 15) is 4.79 Å². The summed E-state index contributed by atoms with van der Waals surface area (Å²) in [5.41, 5.74) is 0. The number of hydrogen-bond donors (Lipinski definition) is 0. The number of urea groups is 1. The molecule has 0 fully saturated rings. The molecule has 1 heterocycles. The van der Waals surface area contributed by atoms with Gasteiger partial charge in [0.25, 0.3) is 0 Å². The summed E-state index contributed by atoms with van der Waals surface area (Å²) in [6, 6.07) is -0.298. The lowest BCUT2D eigenvalue weighted by Gasteiger charge is -2.03. The lowest BCUT2D eigenvalue weighted by molar-refractivity contribution is 0.227. The predicted octanol–water partition coefficient (Wildman–Crippen LogP) is 1.18. The summed E-state index contributed by atoms with van der Waals surface area (Å²) in [5, 5.41) is 7.76. The standard InChI is InChI=1S/C5H8N4OS/c1-9(2)5(10)7-4-8-6-3-11-4/h3H2,1-2H3. The van der Waals surface area contributed by atoms with Crippen LogP contribution in [0.2, 0.25) is 0 Å². The third-order valence-corrected chi connectivity index (χ3v) is 1.66. The molecule has 11 heavy (non-hydrogen) atoms. The van der Waals surface area contributed by atoms with Crippen LogP contribution in [0.5, 0.6) is 0 Å². The van der Waals surface area contributed by atoms with Gasteiger partial charge in [0.15, 0.2) is 0 Å². The van der Waals surface area contributed by atoms with Crippen molar-refractivity contribution < 1.29 is 4.79 Å². The van der Waals surface area contributed by atoms with Gasteiger partial charge in [-0.05, 0) is 0 Å². The van der Waals surface area contributed by atoms with Crippen molar-refractivity contribution in [3.05, 3.63) is 0 Å². The number of nitrogens with zero attached hydrogens (tertiary/aromatic N) is 4. The van der Waals surface area contributed by atoms with Crippen molar-refractivity contribution in [2.24, 2.45) is 15.2 Å². The minimum absolute atomic E-state index is 0.298. The first-order chi connectivity index (χ1) is 5.20. The first kappa shape index (κ1) is 8.19. The SMILES string of the molecule is CN(C)C(=O)N=C1N=NCS1. The quantitative estimate of drug-likeness (QED) is 0.551. The molecule has 2 amide bonds. The maximum Gasteiger partial charge on any atom is 0.345 e. The van der Waals surface area contributed by atoms with Crippen LogP contribution in [-0.2, 0) is 0 Å². The highest BCUT2D eigenvalue weighted by atomic mass is 32.2. The first-order valence-electron chi connectivity index (χ1n) is 3.00. The molecular weight excluding hydrogens is 164 g/mol. The molecule has 0 aromatic carbocycles. The summed E-state index contributed by atoms with van der Waals surface area (Å²) in [4.78, 5) is 16.0. The van der Waals surface area contributed by atoms with Gasteiger partial charge in [-0.1, -0.05) is 11.8 Å². The van der Waals surface area contributed by atoms with Gasteiger partial charge in [-0.25, -0.2) is 4.79 Å². The number of carbonyl (C=O) groups is 1. The van der Waals surface area contributed by atoms with Crippen LogP contribution in [0, 0.1) is 0 Å². The second-order valence-corrected chi connectivity index (χ2v) is 3.00. The van der Waals surface area contributed by atoms with E-state index in [1.165, 1.54) is 16.7 Å². The largest absolute Gasteiger partial charge is 0.345 e. The summed E-state index contributed by atoms with van der Waals surface area (Å²) >= 11 is 1.36. The molecule has 0 saturated heterocycles. The second-order valence-electron chi connectivity index (χ2n) is 2.09. The number of azo groups is 1. The molecule has 6 heteroatoms. The van der Waals surface area contributed by atoms with Crippen molar-refractivity contribution in [2.75, 3.05) is 20.0 Å². The first-order valence-corrected chi connectivity index (χ1v) is 3.99. The molecule has 0 aromatic heterocycles. The Balaban J connectivity index is 2.57. The Bertz CT molecular complexity index is 223. The molecule has 0 bridgehead atoms. The Morgan fingerprint density at radius 1 is 1.73 bits per heavy atom. The van der Waals surface area contributed by atoms with E-state index in [1.807, 2.05) is 0 Å². The summed E-state index contributed by atoms with van der Waals surface area (Å²) in [6.07, 6.45) is 0. The maximum absolute atomic E-state index is 10.9. The van der Waals surface area contributed by atoms with Gasteiger partial charge in [-0.2, -0.15) is 10.1 Å². The monoisotopic (exact) mass is 172 g/mol. The number of aliphatic imine (C=N–C) groups is 1. The van der Waals surface area contributed by atoms with E-state index in [2.05, 4.69) is 15.2 Å². The van der Waals surface area contributed by atoms with Crippen molar-refractivity contribution >= 4 is 23.0 Å². The smallest absolute Gasteiger partial charge is 0.329 e. The van der Waals surface area contributed by atoms with Gasteiger partial charge < -0.3 is 4.90 Å². The zero-order chi connectivity index (χ0) is 8.27. The van der Waals surface area contributed by atoms with Gasteiger partial charge in [0, 0.05) is 14.1 Å². The van der Waals surface area contributed by atoms with E-state index in [0.717, 1.165) is 0 Å². The van der Waals surface area contributed by atoms with Gasteiger partial charge in [0.2, 0.25) is 5.17 Å². The van der Waals surface area contributed by atoms with Crippen molar-refractivity contribution in [1.29, 1.82) is 0 Å². The van der Waals surface area contributed by atoms with E-state index in [0.29, 0.717) is 11.0 Å². The average Bonchev–Trinajstić information content (AvgIpc) is 2.39. The molecule has 0 atom stereocenters. The molecule has 1 aliphatic heterocycles. The summed E-state index contributed by atoms with van der Waals surface area (Å²) in [7, 11) is 3.28. The molecule has 0 aliphatic carbocycles. The number of carbonyl (C=O) groups excluding carboxylic acids is 1. The third-order valence-electron chi connectivity index (χ3n) is 0.982. The highest BCUT2D eigenvalue weighted by Gasteiger charge is 2.08. The lowest BCUT2D eigenvalue weighted by atomic mass is 10.8. The highest BCUT2D eigenvalue weighted by Crippen LogP contribution is 2.13. The second kappa shape index (κ2) is 3.47. The van der Waals surface area contributed by atoms with E-state index in [-0.39, 0.29) is 6.03 Å². The van der Waals surface area contributed by atoms with E-state index < -0.39 is 0 Å². The number of rotatable bonds is 0. The fourth-order valence-electron chi connectivity index (χ4n) is 0.441. The highest BCUT2D eigenvalue weighted by molar-refractivity contribution is 8.14. The third kappa shape index (κ3) is 2.30. The van der Waals surface area contributed by atoms with Crippen LogP contribution in [0.1, 0.15) is 0 Å². The number of amidine groups is 1. The Labute approximate surface area is 68.6 Å². The topological polar surface area (TPSA) is 57.4 Å². The summed E-state index contributed by atoms with van der Waals surface area (Å²) < 4.78 is 0. The lowest BCUT2D eigenvalue weighted by Crippen LogP contribution is -2.18. The van der Waals surface area contributed by atoms with Crippen molar-refractivity contribution in [3.63, 3.8) is 0 Å². The van der Waals surface area contributed by atoms with Gasteiger partial charge in [-0.15, -0.1) is 5.11 Å². The maximum atomic E-state index is 10.9. The zero-order valence-electron chi connectivity index (χ0n) is 6.31. The predicted molar refractivity (Wildman–Crippen MR) is 43.8 cm³/mol. The molecule has 5 nitrogen and oxygen atoms in total. The number of hydrogen-bond acceptors (Lipinski definition) is 3. The van der Waals surface area contributed by atoms with Gasteiger partial charge in [-0.3, -0.25) is 0 Å². The van der Waals surface area contributed by atoms with Crippen LogP contribution in [0.15, 0.2) is 15.2 Å². The Morgan fingerprint density at radius 3 is 2.91 bits per heavy atom. The summed E-state index contributed by atoms with van der Waals surface area (Å²) in [6.45, 7) is 0. The molecule has 0 aromatic rings. The minimum atomic E-state index is -0.298. The summed E-state index contributed by atoms with van der Waals surface area (Å²) in [5.74, 6) is 0.569. The van der Waals surface area contributed by atoms with Crippen LogP contribution < -0.4 is 0 Å². The molecule has 1 aliphatic rings. The van der Waals surface area contributed by atoms with Crippen molar-refractivity contribution in [1.82, 2.24) is 4.90 Å². The molecule has 1 rings (SSSR count). The van der Waals surface area contributed by atoms with Gasteiger partial charge in [0.1, 0.15) is 5.88 Å². The van der Waals surface area contributed by atoms with Gasteiger partial charge >= 0.3 is 6.03 Å². The van der Waals surface area contributed by atoms with E-state index in [1.54, 1.807) is 14.1 Å². The van der Waals surface area contributed by atoms with Crippen LogP contribution >= 0.6 is 11.8 Å². The van der Waals surface area contributed by atoms with Crippen LogP contribution in [-0.4, -0.2) is 36.1 Å². The molecule has 0 spiro atoms. The molecule has 0 saturated carbocycles. The molecule has 0 radical (unpaired) electrons. The van der Waals surface area contributed by atoms with Crippen LogP contribution in [0.25, 0.3) is 0 Å². The molecular formula is C5H8N4OS. The van der Waals surface area contributed by atoms with Crippen LogP contribution in [0.4, 0.5) is 4.79 Å². The minimum Gasteiger partial charge on any atom is -0.329 e. The molecule has 0 unspecified atom stereocenters. The average molecular weight is 172 g/mol. The fourth-order valence-corrected chi connectivity index (χ4v) is 0.930. The Morgan fingerprint density at radius 2 is 2.45 bits per heavy atom. The van der Waals surface area contributed by atoms with Crippen molar-refractivity contribution in [3.8, 4) is 0 Å². The number of thioether (sulfide) groups is 1. The fraction of sp³-hybridized carbons (Fsp3) is 0.600. The molecule has 0 N–H and O–H groups in total. The van der Waals surface area contributed by atoms with E-state index >= 15 is 0 Å². The van der Waals surface area contributed by atoms with Crippen LogP contribution in [0.3, 0.4) is 0 Å². The number of amides is 2. The Hall–Kier alpha value is -0.910. The zero-order valence-corrected chi connectivity index (χ0v) is 7.13. The van der Waals surface area contributed by atoms with Crippen molar-refractivity contribution in [2.45, 2.75) is 0 Å². The Kier molecular flexibility index (Phi) is 2.58.